The molecule has 0 aromatic rings. The number of nitrogens with one attached hydrogen (secondary N) is 1. The lowest BCUT2D eigenvalue weighted by Crippen LogP contribution is -2.53. The highest BCUT2D eigenvalue weighted by atomic mass is 32.2. The van der Waals surface area contributed by atoms with Crippen LogP contribution in [0.15, 0.2) is 0 Å². The highest BCUT2D eigenvalue weighted by Crippen LogP contribution is 2.26. The molecule has 7 heteroatoms. The van der Waals surface area contributed by atoms with Gasteiger partial charge in [-0.3, -0.25) is 4.79 Å². The number of hydrogen-bond acceptors (Lipinski definition) is 3. The molecule has 0 aromatic carbocycles. The van der Waals surface area contributed by atoms with E-state index in [1.165, 1.54) is 4.31 Å². The van der Waals surface area contributed by atoms with Gasteiger partial charge in [0.15, 0.2) is 0 Å². The summed E-state index contributed by atoms with van der Waals surface area (Å²) in [4.78, 5) is 14.7. The van der Waals surface area contributed by atoms with Crippen LogP contribution < -0.4 is 4.72 Å². The molecule has 3 fully saturated rings. The Bertz CT molecular complexity index is 523. The molecule has 0 radical (unpaired) electrons. The van der Waals surface area contributed by atoms with E-state index in [9.17, 15) is 13.2 Å². The predicted molar refractivity (Wildman–Crippen MR) is 89.0 cm³/mol. The number of nitrogens with zero attached hydrogens (tertiary/aromatic N) is 2. The second-order valence-corrected chi connectivity index (χ2v) is 9.04. The summed E-state index contributed by atoms with van der Waals surface area (Å²) in [5, 5.41) is 0. The summed E-state index contributed by atoms with van der Waals surface area (Å²) in [5.74, 6) is 0.665. The second-order valence-electron chi connectivity index (χ2n) is 7.38. The van der Waals surface area contributed by atoms with Crippen LogP contribution in [0, 0.1) is 5.92 Å². The van der Waals surface area contributed by atoms with Crippen molar-refractivity contribution in [3.63, 3.8) is 0 Å². The number of rotatable bonds is 4. The lowest BCUT2D eigenvalue weighted by molar-refractivity contribution is -0.136. The SMILES string of the molecule is CC1CCN(C(=O)C2CCCN2S(=O)(=O)NC2CCCC2)CC1. The van der Waals surface area contributed by atoms with Crippen LogP contribution in [0.3, 0.4) is 0 Å². The van der Waals surface area contributed by atoms with Crippen molar-refractivity contribution in [2.45, 2.75) is 70.4 Å². The summed E-state index contributed by atoms with van der Waals surface area (Å²) in [5.41, 5.74) is 0. The normalized spacial score (nSPS) is 28.6. The first-order valence-corrected chi connectivity index (χ1v) is 10.5. The average Bonchev–Trinajstić information content (AvgIpc) is 3.18. The zero-order valence-corrected chi connectivity index (χ0v) is 14.9. The van der Waals surface area contributed by atoms with E-state index in [1.54, 1.807) is 0 Å². The van der Waals surface area contributed by atoms with Crippen molar-refractivity contribution in [3.8, 4) is 0 Å². The van der Waals surface area contributed by atoms with Gasteiger partial charge >= 0.3 is 0 Å². The van der Waals surface area contributed by atoms with E-state index in [1.807, 2.05) is 4.90 Å². The molecule has 0 bridgehead atoms. The molecule has 23 heavy (non-hydrogen) atoms. The lowest BCUT2D eigenvalue weighted by Gasteiger charge is -2.34. The standard InChI is InChI=1S/C16H29N3O3S/c1-13-8-11-18(12-9-13)16(20)15-7-4-10-19(15)23(21,22)17-14-5-2-3-6-14/h13-15,17H,2-12H2,1H3. The van der Waals surface area contributed by atoms with E-state index in [-0.39, 0.29) is 11.9 Å². The van der Waals surface area contributed by atoms with E-state index in [0.717, 1.165) is 58.0 Å². The minimum Gasteiger partial charge on any atom is -0.341 e. The molecule has 3 aliphatic rings. The Labute approximate surface area is 139 Å². The minimum absolute atomic E-state index is 0.00574. The van der Waals surface area contributed by atoms with Gasteiger partial charge in [0.25, 0.3) is 10.2 Å². The zero-order chi connectivity index (χ0) is 16.4. The first kappa shape index (κ1) is 17.2. The Morgan fingerprint density at radius 1 is 0.957 bits per heavy atom. The quantitative estimate of drug-likeness (QED) is 0.841. The Balaban J connectivity index is 1.65. The first-order chi connectivity index (χ1) is 11.0. The average molecular weight is 343 g/mol. The second kappa shape index (κ2) is 7.07. The minimum atomic E-state index is -3.55. The summed E-state index contributed by atoms with van der Waals surface area (Å²) in [6, 6.07) is -0.450. The molecule has 3 rings (SSSR count). The van der Waals surface area contributed by atoms with Crippen molar-refractivity contribution in [1.82, 2.24) is 13.9 Å². The molecule has 1 aliphatic carbocycles. The Morgan fingerprint density at radius 3 is 2.26 bits per heavy atom. The van der Waals surface area contributed by atoms with Crippen LogP contribution in [0.2, 0.25) is 0 Å². The molecule has 1 saturated carbocycles. The number of piperidine rings is 1. The Kier molecular flexibility index (Phi) is 5.28. The van der Waals surface area contributed by atoms with Gasteiger partial charge in [-0.05, 0) is 44.4 Å². The summed E-state index contributed by atoms with van der Waals surface area (Å²) in [7, 11) is -3.55. The maximum atomic E-state index is 12.8. The number of amides is 1. The molecule has 132 valence electrons. The van der Waals surface area contributed by atoms with Crippen molar-refractivity contribution in [1.29, 1.82) is 0 Å². The number of carbonyl (C=O) groups is 1. The predicted octanol–water partition coefficient (Wildman–Crippen LogP) is 1.49. The van der Waals surface area contributed by atoms with Gasteiger partial charge in [0.05, 0.1) is 0 Å². The van der Waals surface area contributed by atoms with Gasteiger partial charge in [0.2, 0.25) is 5.91 Å². The van der Waals surface area contributed by atoms with E-state index in [4.69, 9.17) is 0 Å². The van der Waals surface area contributed by atoms with E-state index in [2.05, 4.69) is 11.6 Å². The van der Waals surface area contributed by atoms with Crippen molar-refractivity contribution in [3.05, 3.63) is 0 Å². The number of hydrogen-bond donors (Lipinski definition) is 1. The van der Waals surface area contributed by atoms with Crippen LogP contribution in [0.5, 0.6) is 0 Å². The van der Waals surface area contributed by atoms with Gasteiger partial charge in [-0.25, -0.2) is 0 Å². The van der Waals surface area contributed by atoms with Crippen molar-refractivity contribution >= 4 is 16.1 Å². The van der Waals surface area contributed by atoms with Gasteiger partial charge in [0.1, 0.15) is 6.04 Å². The van der Waals surface area contributed by atoms with Gasteiger partial charge in [-0.15, -0.1) is 0 Å². The third kappa shape index (κ3) is 3.88. The number of carbonyl (C=O) groups excluding carboxylic acids is 1. The summed E-state index contributed by atoms with van der Waals surface area (Å²) in [6.45, 7) is 4.20. The largest absolute Gasteiger partial charge is 0.341 e. The topological polar surface area (TPSA) is 69.7 Å². The maximum Gasteiger partial charge on any atom is 0.280 e. The summed E-state index contributed by atoms with van der Waals surface area (Å²) in [6.07, 6.45) is 7.45. The van der Waals surface area contributed by atoms with Crippen LogP contribution >= 0.6 is 0 Å². The molecule has 2 heterocycles. The molecular formula is C16H29N3O3S. The third-order valence-corrected chi connectivity index (χ3v) is 7.25. The van der Waals surface area contributed by atoms with E-state index in [0.29, 0.717) is 18.9 Å². The molecule has 2 aliphatic heterocycles. The van der Waals surface area contributed by atoms with Crippen LogP contribution in [0.1, 0.15) is 58.3 Å². The molecule has 1 N–H and O–H groups in total. The first-order valence-electron chi connectivity index (χ1n) is 9.05. The van der Waals surface area contributed by atoms with Gasteiger partial charge in [-0.1, -0.05) is 19.8 Å². The van der Waals surface area contributed by atoms with Crippen molar-refractivity contribution in [2.24, 2.45) is 5.92 Å². The third-order valence-electron chi connectivity index (χ3n) is 5.56. The fraction of sp³-hybridized carbons (Fsp3) is 0.938. The van der Waals surface area contributed by atoms with Crippen molar-refractivity contribution < 1.29 is 13.2 Å². The molecule has 6 nitrogen and oxygen atoms in total. The fourth-order valence-electron chi connectivity index (χ4n) is 4.04. The molecule has 1 atom stereocenters. The van der Waals surface area contributed by atoms with Crippen molar-refractivity contribution in [2.75, 3.05) is 19.6 Å². The van der Waals surface area contributed by atoms with E-state index < -0.39 is 16.3 Å². The molecule has 0 aromatic heterocycles. The smallest absolute Gasteiger partial charge is 0.280 e. The Hall–Kier alpha value is -0.660. The fourth-order valence-corrected chi connectivity index (χ4v) is 5.73. The van der Waals surface area contributed by atoms with Crippen LogP contribution in [0.25, 0.3) is 0 Å². The summed E-state index contributed by atoms with van der Waals surface area (Å²) < 4.78 is 29.6. The molecule has 1 amide bonds. The lowest BCUT2D eigenvalue weighted by atomic mass is 9.98. The Morgan fingerprint density at radius 2 is 1.61 bits per heavy atom. The molecule has 0 spiro atoms. The number of likely N-dealkylation sites (tertiary alicyclic amines) is 1. The highest BCUT2D eigenvalue weighted by molar-refractivity contribution is 7.87. The maximum absolute atomic E-state index is 12.8. The highest BCUT2D eigenvalue weighted by Gasteiger charge is 2.41. The molecular weight excluding hydrogens is 314 g/mol. The van der Waals surface area contributed by atoms with Gasteiger partial charge in [0, 0.05) is 25.7 Å². The van der Waals surface area contributed by atoms with Crippen LogP contribution in [-0.2, 0) is 15.0 Å². The molecule has 1 unspecified atom stereocenters. The van der Waals surface area contributed by atoms with Crippen LogP contribution in [-0.4, -0.2) is 55.2 Å². The summed E-state index contributed by atoms with van der Waals surface area (Å²) >= 11 is 0. The molecule has 2 saturated heterocycles. The van der Waals surface area contributed by atoms with E-state index >= 15 is 0 Å². The van der Waals surface area contributed by atoms with Gasteiger partial charge < -0.3 is 4.90 Å². The van der Waals surface area contributed by atoms with Crippen LogP contribution in [0.4, 0.5) is 0 Å². The monoisotopic (exact) mass is 343 g/mol. The zero-order valence-electron chi connectivity index (χ0n) is 14.0. The van der Waals surface area contributed by atoms with Gasteiger partial charge in [-0.2, -0.15) is 17.4 Å².